The molecule has 0 bridgehead atoms. The normalized spacial score (nSPS) is 23.7. The van der Waals surface area contributed by atoms with E-state index >= 15 is 0 Å². The van der Waals surface area contributed by atoms with E-state index in [1.807, 2.05) is 0 Å². The van der Waals surface area contributed by atoms with E-state index in [9.17, 15) is 0 Å². The lowest BCUT2D eigenvalue weighted by molar-refractivity contribution is 0.478. The van der Waals surface area contributed by atoms with Gasteiger partial charge < -0.3 is 4.98 Å². The molecule has 0 aliphatic heterocycles. The summed E-state index contributed by atoms with van der Waals surface area (Å²) in [4.78, 5) is 4.12. The van der Waals surface area contributed by atoms with Crippen LogP contribution in [0.25, 0.3) is 0 Å². The molecule has 0 fully saturated rings. The Bertz CT molecular complexity index is 621. The van der Waals surface area contributed by atoms with Crippen LogP contribution in [-0.4, -0.2) is 13.8 Å². The van der Waals surface area contributed by atoms with E-state index in [0.717, 1.165) is 0 Å². The van der Waals surface area contributed by atoms with Crippen molar-refractivity contribution in [2.45, 2.75) is 65.6 Å². The molecule has 1 aliphatic carbocycles. The van der Waals surface area contributed by atoms with Gasteiger partial charge in [-0.25, -0.2) is 0 Å². The van der Waals surface area contributed by atoms with Gasteiger partial charge in [-0.15, -0.1) is 0 Å². The molecule has 2 unspecified atom stereocenters. The minimum Gasteiger partial charge on any atom is -0.328 e. The predicted octanol–water partition coefficient (Wildman–Crippen LogP) is 5.41. The molecule has 2 atom stereocenters. The second kappa shape index (κ2) is 6.65. The van der Waals surface area contributed by atoms with E-state index in [0.29, 0.717) is 11.8 Å². The van der Waals surface area contributed by atoms with Crippen molar-refractivity contribution in [1.29, 1.82) is 0 Å². The number of hydrogen-bond acceptors (Lipinski definition) is 1. The first-order chi connectivity index (χ1) is 11.0. The van der Waals surface area contributed by atoms with Crippen molar-refractivity contribution in [3.05, 3.63) is 54.1 Å². The summed E-state index contributed by atoms with van der Waals surface area (Å²) in [5.41, 5.74) is 1.56. The summed E-state index contributed by atoms with van der Waals surface area (Å²) in [5, 5.41) is 1.58. The summed E-state index contributed by atoms with van der Waals surface area (Å²) in [7, 11) is -2.04. The van der Waals surface area contributed by atoms with Crippen LogP contribution in [0.3, 0.4) is 0 Å². The van der Waals surface area contributed by atoms with E-state index in [2.05, 4.69) is 109 Å². The molecule has 132 valence electrons. The zero-order valence-electron chi connectivity index (χ0n) is 16.8. The molecule has 2 rings (SSSR count). The van der Waals surface area contributed by atoms with E-state index < -0.39 is 8.24 Å². The van der Waals surface area contributed by atoms with Crippen LogP contribution < -0.4 is 10.2 Å². The summed E-state index contributed by atoms with van der Waals surface area (Å²) in [6, 6.07) is 11.1. The summed E-state index contributed by atoms with van der Waals surface area (Å²) in [6.07, 6.45) is 7.47. The van der Waals surface area contributed by atoms with Gasteiger partial charge in [0.05, 0.1) is 0 Å². The number of hydrogen-bond donors (Lipinski definition) is 1. The van der Waals surface area contributed by atoms with Gasteiger partial charge in [0.25, 0.3) is 0 Å². The minimum absolute atomic E-state index is 0.0843. The highest BCUT2D eigenvalue weighted by Gasteiger charge is 2.53. The molecule has 0 saturated heterocycles. The van der Waals surface area contributed by atoms with Gasteiger partial charge >= 0.3 is 0 Å². The topological polar surface area (TPSA) is 12.0 Å². The second-order valence-electron chi connectivity index (χ2n) is 9.09. The fourth-order valence-electron chi connectivity index (χ4n) is 4.16. The molecule has 0 aromatic heterocycles. The molecular formula is C22H35NSi. The van der Waals surface area contributed by atoms with Crippen LogP contribution >= 0.6 is 0 Å². The number of allylic oxidation sites excluding steroid dienone is 4. The smallest absolute Gasteiger partial charge is 0.169 e. The highest BCUT2D eigenvalue weighted by Crippen LogP contribution is 2.52. The molecule has 0 radical (unpaired) electrons. The highest BCUT2D eigenvalue weighted by molar-refractivity contribution is 6.92. The molecule has 1 N–H and O–H groups in total. The fraction of sp³-hybridized carbons (Fsp3) is 0.545. The molecule has 0 amide bonds. The first-order valence-corrected chi connectivity index (χ1v) is 11.8. The van der Waals surface area contributed by atoms with Crippen LogP contribution in [0.15, 0.2) is 54.1 Å². The Morgan fingerprint density at radius 1 is 1.00 bits per heavy atom. The van der Waals surface area contributed by atoms with E-state index in [4.69, 9.17) is 0 Å². The maximum atomic E-state index is 4.12. The number of rotatable bonds is 5. The van der Waals surface area contributed by atoms with Gasteiger partial charge in [-0.2, -0.15) is 0 Å². The molecule has 2 heteroatoms. The molecule has 1 aliphatic rings. The van der Waals surface area contributed by atoms with E-state index in [-0.39, 0.29) is 10.6 Å². The minimum atomic E-state index is -2.04. The maximum Gasteiger partial charge on any atom is 0.169 e. The van der Waals surface area contributed by atoms with Crippen molar-refractivity contribution < 1.29 is 0 Å². The van der Waals surface area contributed by atoms with E-state index in [1.165, 1.54) is 10.8 Å². The Labute approximate surface area is 150 Å². The maximum absolute atomic E-state index is 4.12. The Balaban J connectivity index is 2.67. The van der Waals surface area contributed by atoms with Crippen molar-refractivity contribution in [3.8, 4) is 0 Å². The first kappa shape index (κ1) is 19.2. The van der Waals surface area contributed by atoms with Gasteiger partial charge in [0.2, 0.25) is 0 Å². The van der Waals surface area contributed by atoms with Crippen molar-refractivity contribution in [2.24, 2.45) is 11.8 Å². The molecule has 0 spiro atoms. The van der Waals surface area contributed by atoms with Gasteiger partial charge in [0, 0.05) is 10.6 Å². The second-order valence-corrected chi connectivity index (χ2v) is 13.0. The van der Waals surface area contributed by atoms with Crippen LogP contribution in [0, 0.1) is 11.8 Å². The Morgan fingerprint density at radius 2 is 1.58 bits per heavy atom. The van der Waals surface area contributed by atoms with Crippen molar-refractivity contribution in [2.75, 3.05) is 0 Å². The Hall–Kier alpha value is -1.12. The molecule has 0 saturated carbocycles. The third-order valence-corrected chi connectivity index (χ3v) is 10.8. The van der Waals surface area contributed by atoms with Crippen molar-refractivity contribution in [3.63, 3.8) is 0 Å². The van der Waals surface area contributed by atoms with E-state index in [1.54, 1.807) is 0 Å². The van der Waals surface area contributed by atoms with Crippen LogP contribution in [0.4, 0.5) is 0 Å². The SMILES string of the molecule is CC(C)C1=CC(C(C)C)([Si](C)(NC(C)(C)C)c2ccccc2)C=C1. The lowest BCUT2D eigenvalue weighted by Gasteiger charge is -2.49. The molecular weight excluding hydrogens is 306 g/mol. The summed E-state index contributed by atoms with van der Waals surface area (Å²) in [6.45, 7) is 18.7. The van der Waals surface area contributed by atoms with Crippen LogP contribution in [-0.2, 0) is 0 Å². The van der Waals surface area contributed by atoms with Crippen LogP contribution in [0.2, 0.25) is 11.6 Å². The number of benzene rings is 1. The Morgan fingerprint density at radius 3 is 2.00 bits per heavy atom. The van der Waals surface area contributed by atoms with Gasteiger partial charge in [0.1, 0.15) is 0 Å². The van der Waals surface area contributed by atoms with Crippen LogP contribution in [0.1, 0.15) is 48.5 Å². The molecule has 1 aromatic carbocycles. The third-order valence-electron chi connectivity index (χ3n) is 5.42. The zero-order chi connectivity index (χ0) is 18.2. The molecule has 0 heterocycles. The summed E-state index contributed by atoms with van der Waals surface area (Å²) >= 11 is 0. The first-order valence-electron chi connectivity index (χ1n) is 9.29. The fourth-order valence-corrected chi connectivity index (χ4v) is 9.41. The van der Waals surface area contributed by atoms with Crippen LogP contribution in [0.5, 0.6) is 0 Å². The predicted molar refractivity (Wildman–Crippen MR) is 110 cm³/mol. The average molecular weight is 342 g/mol. The quantitative estimate of drug-likeness (QED) is 0.707. The average Bonchev–Trinajstić information content (AvgIpc) is 2.93. The third kappa shape index (κ3) is 3.45. The lowest BCUT2D eigenvalue weighted by atomic mass is 9.95. The van der Waals surface area contributed by atoms with Gasteiger partial charge in [-0.3, -0.25) is 0 Å². The summed E-state index contributed by atoms with van der Waals surface area (Å²) in [5.74, 6) is 1.13. The number of nitrogens with one attached hydrogen (secondary N) is 1. The lowest BCUT2D eigenvalue weighted by Crippen LogP contribution is -2.70. The van der Waals surface area contributed by atoms with Gasteiger partial charge in [0.15, 0.2) is 8.24 Å². The van der Waals surface area contributed by atoms with Gasteiger partial charge in [-0.1, -0.05) is 82.8 Å². The zero-order valence-corrected chi connectivity index (χ0v) is 17.8. The summed E-state index contributed by atoms with van der Waals surface area (Å²) < 4.78 is 0. The largest absolute Gasteiger partial charge is 0.328 e. The van der Waals surface area contributed by atoms with Crippen molar-refractivity contribution >= 4 is 13.4 Å². The monoisotopic (exact) mass is 341 g/mol. The molecule has 24 heavy (non-hydrogen) atoms. The molecule has 1 aromatic rings. The highest BCUT2D eigenvalue weighted by atomic mass is 28.3. The molecule has 1 nitrogen and oxygen atoms in total. The van der Waals surface area contributed by atoms with Gasteiger partial charge in [-0.05, 0) is 43.4 Å². The van der Waals surface area contributed by atoms with Crippen molar-refractivity contribution in [1.82, 2.24) is 4.98 Å². The Kier molecular flexibility index (Phi) is 5.32. The standard InChI is InChI=1S/C22H35NSi/c1-17(2)19-14-15-22(16-19,18(3)4)24(8,23-21(5,6)7)20-12-10-9-11-13-20/h9-18,23H,1-8H3.